The van der Waals surface area contributed by atoms with Gasteiger partial charge in [0.25, 0.3) is 23.3 Å². The maximum Gasteiger partial charge on any atom is 0.291 e. The van der Waals surface area contributed by atoms with Crippen LogP contribution < -0.4 is 21.9 Å². The summed E-state index contributed by atoms with van der Waals surface area (Å²) < 4.78 is 6.13. The number of rotatable bonds is 3. The first kappa shape index (κ1) is 16.3. The van der Waals surface area contributed by atoms with Crippen LogP contribution in [0.1, 0.15) is 31.3 Å². The number of fused-ring (bicyclic) bond motifs is 1. The largest absolute Gasteiger partial charge is 0.459 e. The van der Waals surface area contributed by atoms with Crippen molar-refractivity contribution in [2.24, 2.45) is 0 Å². The third kappa shape index (κ3) is 2.67. The molecule has 2 aromatic heterocycles. The van der Waals surface area contributed by atoms with Crippen LogP contribution in [0.3, 0.4) is 0 Å². The minimum Gasteiger partial charge on any atom is -0.459 e. The van der Waals surface area contributed by atoms with E-state index in [2.05, 4.69) is 10.6 Å². The van der Waals surface area contributed by atoms with E-state index in [1.807, 2.05) is 0 Å². The fraction of sp³-hybridized carbons (Fsp3) is 0. The van der Waals surface area contributed by atoms with Crippen LogP contribution in [0.5, 0.6) is 0 Å². The van der Waals surface area contributed by atoms with Gasteiger partial charge in [-0.3, -0.25) is 29.1 Å². The van der Waals surface area contributed by atoms with Crippen LogP contribution in [0, 0.1) is 0 Å². The Bertz CT molecular complexity index is 1160. The van der Waals surface area contributed by atoms with Gasteiger partial charge < -0.3 is 15.5 Å². The number of nitrogen functional groups attached to an aromatic ring is 1. The van der Waals surface area contributed by atoms with Crippen LogP contribution >= 0.6 is 0 Å². The standard InChI is InChI=1S/C18H12N4O5/c19-15-14-11(16(24)21-18(14)26)8-13(23)22(15)10-4-1-3-9(7-10)20-17(25)12-5-2-6-27-12/h1-8H,19H2,(H,20,25)(H,21,24,26). The third-order valence-corrected chi connectivity index (χ3v) is 4.06. The maximum atomic E-state index is 12.5. The minimum absolute atomic E-state index is 0.0513. The number of aromatic nitrogens is 1. The molecule has 0 bridgehead atoms. The SMILES string of the molecule is Nc1c2c(cc(=O)n1-c1cccc(NC(=O)c3ccco3)c1)C(=O)NC2=O. The Morgan fingerprint density at radius 3 is 2.63 bits per heavy atom. The summed E-state index contributed by atoms with van der Waals surface area (Å²) in [5, 5.41) is 4.74. The molecular formula is C18H12N4O5. The lowest BCUT2D eigenvalue weighted by Crippen LogP contribution is -2.24. The van der Waals surface area contributed by atoms with Gasteiger partial charge in [-0.2, -0.15) is 0 Å². The molecule has 0 aliphatic carbocycles. The van der Waals surface area contributed by atoms with E-state index in [-0.39, 0.29) is 22.7 Å². The molecule has 1 aromatic carbocycles. The van der Waals surface area contributed by atoms with E-state index < -0.39 is 23.3 Å². The van der Waals surface area contributed by atoms with Gasteiger partial charge in [-0.05, 0) is 30.3 Å². The summed E-state index contributed by atoms with van der Waals surface area (Å²) in [6, 6.07) is 10.5. The number of imide groups is 1. The summed E-state index contributed by atoms with van der Waals surface area (Å²) in [5.74, 6) is -1.81. The number of furan rings is 1. The number of amides is 3. The third-order valence-electron chi connectivity index (χ3n) is 4.06. The molecule has 0 spiro atoms. The first-order valence-electron chi connectivity index (χ1n) is 7.82. The molecule has 0 atom stereocenters. The van der Waals surface area contributed by atoms with Gasteiger partial charge in [0.2, 0.25) is 0 Å². The highest BCUT2D eigenvalue weighted by molar-refractivity contribution is 6.23. The fourth-order valence-electron chi connectivity index (χ4n) is 2.87. The molecule has 0 radical (unpaired) electrons. The number of pyridine rings is 1. The van der Waals surface area contributed by atoms with E-state index in [1.54, 1.807) is 24.3 Å². The zero-order valence-electron chi connectivity index (χ0n) is 13.7. The maximum absolute atomic E-state index is 12.5. The highest BCUT2D eigenvalue weighted by Crippen LogP contribution is 2.24. The van der Waals surface area contributed by atoms with Crippen LogP contribution in [-0.2, 0) is 0 Å². The average Bonchev–Trinajstić information content (AvgIpc) is 3.24. The monoisotopic (exact) mass is 364 g/mol. The minimum atomic E-state index is -0.663. The molecule has 9 heteroatoms. The van der Waals surface area contributed by atoms with E-state index in [0.29, 0.717) is 11.4 Å². The second-order valence-electron chi connectivity index (χ2n) is 5.76. The number of anilines is 2. The topological polar surface area (TPSA) is 136 Å². The predicted molar refractivity (Wildman–Crippen MR) is 94.9 cm³/mol. The number of hydrogen-bond acceptors (Lipinski definition) is 6. The quantitative estimate of drug-likeness (QED) is 0.596. The summed E-state index contributed by atoms with van der Waals surface area (Å²) in [4.78, 5) is 48.2. The Hall–Kier alpha value is -4.14. The smallest absolute Gasteiger partial charge is 0.291 e. The molecule has 3 amide bonds. The van der Waals surface area contributed by atoms with Crippen molar-refractivity contribution in [3.63, 3.8) is 0 Å². The predicted octanol–water partition coefficient (Wildman–Crippen LogP) is 1.15. The van der Waals surface area contributed by atoms with Crippen molar-refractivity contribution in [3.8, 4) is 5.69 Å². The zero-order chi connectivity index (χ0) is 19.1. The number of hydrogen-bond donors (Lipinski definition) is 3. The lowest BCUT2D eigenvalue weighted by molar-refractivity contribution is 0.0879. The van der Waals surface area contributed by atoms with Crippen LogP contribution in [0.4, 0.5) is 11.5 Å². The van der Waals surface area contributed by atoms with Crippen LogP contribution in [0.2, 0.25) is 0 Å². The van der Waals surface area contributed by atoms with Crippen LogP contribution in [0.15, 0.2) is 57.9 Å². The Kier molecular flexibility index (Phi) is 3.62. The van der Waals surface area contributed by atoms with Crippen molar-refractivity contribution in [2.75, 3.05) is 11.1 Å². The molecular weight excluding hydrogens is 352 g/mol. The van der Waals surface area contributed by atoms with Crippen molar-refractivity contribution >= 4 is 29.2 Å². The zero-order valence-corrected chi connectivity index (χ0v) is 13.7. The lowest BCUT2D eigenvalue weighted by Gasteiger charge is -2.13. The lowest BCUT2D eigenvalue weighted by atomic mass is 10.1. The van der Waals surface area contributed by atoms with Gasteiger partial charge in [0.1, 0.15) is 5.82 Å². The van der Waals surface area contributed by atoms with E-state index in [9.17, 15) is 19.2 Å². The van der Waals surface area contributed by atoms with Gasteiger partial charge in [0.15, 0.2) is 5.76 Å². The normalized spacial score (nSPS) is 12.6. The average molecular weight is 364 g/mol. The second kappa shape index (κ2) is 5.99. The second-order valence-corrected chi connectivity index (χ2v) is 5.76. The van der Waals surface area contributed by atoms with Gasteiger partial charge in [-0.1, -0.05) is 6.07 Å². The molecule has 0 saturated heterocycles. The molecule has 27 heavy (non-hydrogen) atoms. The summed E-state index contributed by atoms with van der Waals surface area (Å²) in [6.07, 6.45) is 1.38. The van der Waals surface area contributed by atoms with E-state index >= 15 is 0 Å². The van der Waals surface area contributed by atoms with E-state index in [1.165, 1.54) is 18.4 Å². The highest BCUT2D eigenvalue weighted by atomic mass is 16.3. The Balaban J connectivity index is 1.76. The van der Waals surface area contributed by atoms with Crippen molar-refractivity contribution in [2.45, 2.75) is 0 Å². The Labute approximate surface area is 151 Å². The van der Waals surface area contributed by atoms with Crippen LogP contribution in [-0.4, -0.2) is 22.3 Å². The molecule has 4 N–H and O–H groups in total. The molecule has 1 aliphatic rings. The molecule has 134 valence electrons. The van der Waals surface area contributed by atoms with Gasteiger partial charge in [-0.25, -0.2) is 0 Å². The summed E-state index contributed by atoms with van der Waals surface area (Å²) >= 11 is 0. The van der Waals surface area contributed by atoms with Gasteiger partial charge in [0.05, 0.1) is 23.1 Å². The van der Waals surface area contributed by atoms with Crippen LogP contribution in [0.25, 0.3) is 5.69 Å². The van der Waals surface area contributed by atoms with E-state index in [4.69, 9.17) is 10.2 Å². The Morgan fingerprint density at radius 1 is 1.07 bits per heavy atom. The number of nitrogens with zero attached hydrogens (tertiary/aromatic N) is 1. The molecule has 0 fully saturated rings. The van der Waals surface area contributed by atoms with Crippen molar-refractivity contribution in [1.29, 1.82) is 0 Å². The number of nitrogens with one attached hydrogen (secondary N) is 2. The van der Waals surface area contributed by atoms with Gasteiger partial charge in [0, 0.05) is 11.8 Å². The summed E-state index contributed by atoms with van der Waals surface area (Å²) in [6.45, 7) is 0. The molecule has 0 saturated carbocycles. The number of nitrogens with two attached hydrogens (primary N) is 1. The summed E-state index contributed by atoms with van der Waals surface area (Å²) in [5.41, 5.74) is 6.03. The number of benzene rings is 1. The highest BCUT2D eigenvalue weighted by Gasteiger charge is 2.31. The Morgan fingerprint density at radius 2 is 1.89 bits per heavy atom. The van der Waals surface area contributed by atoms with Gasteiger partial charge >= 0.3 is 0 Å². The molecule has 9 nitrogen and oxygen atoms in total. The van der Waals surface area contributed by atoms with Gasteiger partial charge in [-0.15, -0.1) is 0 Å². The first-order valence-corrected chi connectivity index (χ1v) is 7.82. The number of carbonyl (C=O) groups is 3. The molecule has 4 rings (SSSR count). The van der Waals surface area contributed by atoms with Crippen molar-refractivity contribution in [1.82, 2.24) is 9.88 Å². The fourth-order valence-corrected chi connectivity index (χ4v) is 2.87. The van der Waals surface area contributed by atoms with Crippen molar-refractivity contribution < 1.29 is 18.8 Å². The molecule has 0 unspecified atom stereocenters. The van der Waals surface area contributed by atoms with Crippen molar-refractivity contribution in [3.05, 3.63) is 76.0 Å². The molecule has 3 heterocycles. The number of carbonyl (C=O) groups excluding carboxylic acids is 3. The van der Waals surface area contributed by atoms with E-state index in [0.717, 1.165) is 10.6 Å². The molecule has 1 aliphatic heterocycles. The molecule has 3 aromatic rings. The summed E-state index contributed by atoms with van der Waals surface area (Å²) in [7, 11) is 0. The first-order chi connectivity index (χ1) is 13.0.